The van der Waals surface area contributed by atoms with E-state index in [9.17, 15) is 14.4 Å². The highest BCUT2D eigenvalue weighted by molar-refractivity contribution is 5.83. The third kappa shape index (κ3) is 5.29. The van der Waals surface area contributed by atoms with Crippen molar-refractivity contribution in [2.45, 2.75) is 38.6 Å². The molecule has 2 N–H and O–H groups in total. The SMILES string of the molecule is CCCC(=O)NC(CCC=O)C(=O)O. The van der Waals surface area contributed by atoms with Crippen molar-refractivity contribution in [2.24, 2.45) is 0 Å². The van der Waals surface area contributed by atoms with E-state index in [1.807, 2.05) is 6.92 Å². The van der Waals surface area contributed by atoms with Gasteiger partial charge in [0, 0.05) is 12.8 Å². The van der Waals surface area contributed by atoms with Crippen LogP contribution in [0.3, 0.4) is 0 Å². The predicted molar refractivity (Wildman–Crippen MR) is 49.8 cm³/mol. The van der Waals surface area contributed by atoms with Crippen LogP contribution in [0.1, 0.15) is 32.6 Å². The average Bonchev–Trinajstić information content (AvgIpc) is 2.12. The summed E-state index contributed by atoms with van der Waals surface area (Å²) in [6, 6.07) is -0.945. The van der Waals surface area contributed by atoms with Gasteiger partial charge in [-0.1, -0.05) is 6.92 Å². The molecule has 1 atom stereocenters. The molecule has 5 nitrogen and oxygen atoms in total. The van der Waals surface area contributed by atoms with E-state index in [-0.39, 0.29) is 18.7 Å². The third-order valence-electron chi connectivity index (χ3n) is 1.68. The summed E-state index contributed by atoms with van der Waals surface area (Å²) in [5.41, 5.74) is 0. The molecule has 0 aromatic heterocycles. The number of carbonyl (C=O) groups is 3. The van der Waals surface area contributed by atoms with Gasteiger partial charge in [-0.05, 0) is 12.8 Å². The van der Waals surface area contributed by atoms with E-state index in [2.05, 4.69) is 5.32 Å². The summed E-state index contributed by atoms with van der Waals surface area (Å²) in [6.45, 7) is 1.83. The van der Waals surface area contributed by atoms with Crippen molar-refractivity contribution in [1.82, 2.24) is 5.32 Å². The van der Waals surface area contributed by atoms with Gasteiger partial charge in [-0.3, -0.25) is 4.79 Å². The molecule has 0 aromatic rings. The molecule has 5 heteroatoms. The standard InChI is InChI=1S/C9H15NO4/c1-2-4-8(12)10-7(9(13)14)5-3-6-11/h6-7H,2-5H2,1H3,(H,10,12)(H,13,14). The second-order valence-corrected chi connectivity index (χ2v) is 2.95. The fourth-order valence-corrected chi connectivity index (χ4v) is 0.986. The van der Waals surface area contributed by atoms with Crippen LogP contribution in [-0.4, -0.2) is 29.3 Å². The summed E-state index contributed by atoms with van der Waals surface area (Å²) in [4.78, 5) is 31.7. The smallest absolute Gasteiger partial charge is 0.326 e. The topological polar surface area (TPSA) is 83.5 Å². The molecule has 0 bridgehead atoms. The highest BCUT2D eigenvalue weighted by atomic mass is 16.4. The summed E-state index contributed by atoms with van der Waals surface area (Å²) in [7, 11) is 0. The van der Waals surface area contributed by atoms with E-state index < -0.39 is 12.0 Å². The van der Waals surface area contributed by atoms with Gasteiger partial charge in [0.15, 0.2) is 0 Å². The number of carboxylic acid groups (broad SMARTS) is 1. The van der Waals surface area contributed by atoms with E-state index in [4.69, 9.17) is 5.11 Å². The van der Waals surface area contributed by atoms with Gasteiger partial charge < -0.3 is 15.2 Å². The minimum Gasteiger partial charge on any atom is -0.480 e. The number of hydrogen-bond donors (Lipinski definition) is 2. The average molecular weight is 201 g/mol. The maximum Gasteiger partial charge on any atom is 0.326 e. The lowest BCUT2D eigenvalue weighted by Gasteiger charge is -2.12. The van der Waals surface area contributed by atoms with E-state index in [0.717, 1.165) is 0 Å². The second kappa shape index (κ2) is 7.06. The van der Waals surface area contributed by atoms with Gasteiger partial charge in [-0.15, -0.1) is 0 Å². The van der Waals surface area contributed by atoms with Crippen molar-refractivity contribution in [3.05, 3.63) is 0 Å². The van der Waals surface area contributed by atoms with Crippen LogP contribution in [0.2, 0.25) is 0 Å². The Hall–Kier alpha value is -1.39. The summed E-state index contributed by atoms with van der Waals surface area (Å²) >= 11 is 0. The monoisotopic (exact) mass is 201 g/mol. The lowest BCUT2D eigenvalue weighted by molar-refractivity contribution is -0.142. The maximum atomic E-state index is 11.1. The maximum absolute atomic E-state index is 11.1. The van der Waals surface area contributed by atoms with E-state index in [1.165, 1.54) is 0 Å². The Bertz CT molecular complexity index is 215. The van der Waals surface area contributed by atoms with Gasteiger partial charge in [0.2, 0.25) is 5.91 Å². The first-order chi connectivity index (χ1) is 6.61. The normalized spacial score (nSPS) is 11.8. The molecule has 0 aliphatic carbocycles. The number of carbonyl (C=O) groups excluding carboxylic acids is 2. The Morgan fingerprint density at radius 1 is 1.50 bits per heavy atom. The molecule has 0 aliphatic rings. The van der Waals surface area contributed by atoms with Gasteiger partial charge in [-0.25, -0.2) is 4.79 Å². The molecule has 0 aliphatic heterocycles. The number of aldehydes is 1. The van der Waals surface area contributed by atoms with Crippen LogP contribution in [-0.2, 0) is 14.4 Å². The fraction of sp³-hybridized carbons (Fsp3) is 0.667. The molecule has 0 saturated carbocycles. The van der Waals surface area contributed by atoms with Crippen molar-refractivity contribution < 1.29 is 19.5 Å². The second-order valence-electron chi connectivity index (χ2n) is 2.95. The Kier molecular flexibility index (Phi) is 6.36. The minimum absolute atomic E-state index is 0.142. The molecule has 0 spiro atoms. The van der Waals surface area contributed by atoms with Crippen LogP contribution in [0, 0.1) is 0 Å². The summed E-state index contributed by atoms with van der Waals surface area (Å²) in [5.74, 6) is -1.39. The van der Waals surface area contributed by atoms with Crippen molar-refractivity contribution in [1.29, 1.82) is 0 Å². The lowest BCUT2D eigenvalue weighted by Crippen LogP contribution is -2.40. The van der Waals surface area contributed by atoms with Gasteiger partial charge >= 0.3 is 5.97 Å². The summed E-state index contributed by atoms with van der Waals surface area (Å²) < 4.78 is 0. The first-order valence-corrected chi connectivity index (χ1v) is 4.57. The van der Waals surface area contributed by atoms with Gasteiger partial charge in [-0.2, -0.15) is 0 Å². The van der Waals surface area contributed by atoms with Crippen molar-refractivity contribution in [2.75, 3.05) is 0 Å². The fourth-order valence-electron chi connectivity index (χ4n) is 0.986. The Balaban J connectivity index is 4.01. The van der Waals surface area contributed by atoms with E-state index >= 15 is 0 Å². The largest absolute Gasteiger partial charge is 0.480 e. The molecule has 0 aromatic carbocycles. The van der Waals surface area contributed by atoms with Crippen LogP contribution in [0.4, 0.5) is 0 Å². The zero-order chi connectivity index (χ0) is 11.0. The quantitative estimate of drug-likeness (QED) is 0.581. The molecule has 0 radical (unpaired) electrons. The Morgan fingerprint density at radius 2 is 2.14 bits per heavy atom. The first-order valence-electron chi connectivity index (χ1n) is 4.57. The zero-order valence-corrected chi connectivity index (χ0v) is 8.16. The van der Waals surface area contributed by atoms with Crippen LogP contribution >= 0.6 is 0 Å². The summed E-state index contributed by atoms with van der Waals surface area (Å²) in [6.07, 6.45) is 1.91. The molecular formula is C9H15NO4. The number of hydrogen-bond acceptors (Lipinski definition) is 3. The van der Waals surface area contributed by atoms with Crippen molar-refractivity contribution in [3.8, 4) is 0 Å². The number of nitrogens with one attached hydrogen (secondary N) is 1. The Labute approximate surface area is 82.5 Å². The molecule has 1 amide bonds. The van der Waals surface area contributed by atoms with Gasteiger partial charge in [0.05, 0.1) is 0 Å². The molecule has 0 rings (SSSR count). The highest BCUT2D eigenvalue weighted by Crippen LogP contribution is 1.97. The molecule has 0 saturated heterocycles. The van der Waals surface area contributed by atoms with E-state index in [0.29, 0.717) is 19.1 Å². The number of carboxylic acids is 1. The van der Waals surface area contributed by atoms with Crippen LogP contribution in [0.25, 0.3) is 0 Å². The molecule has 0 heterocycles. The third-order valence-corrected chi connectivity index (χ3v) is 1.68. The van der Waals surface area contributed by atoms with Gasteiger partial charge in [0.25, 0.3) is 0 Å². The molecule has 80 valence electrons. The van der Waals surface area contributed by atoms with E-state index in [1.54, 1.807) is 0 Å². The lowest BCUT2D eigenvalue weighted by atomic mass is 10.1. The Morgan fingerprint density at radius 3 is 2.57 bits per heavy atom. The predicted octanol–water partition coefficient (Wildman–Crippen LogP) is 0.335. The number of aliphatic carboxylic acids is 1. The number of amides is 1. The summed E-state index contributed by atoms with van der Waals surface area (Å²) in [5, 5.41) is 11.0. The van der Waals surface area contributed by atoms with Crippen LogP contribution < -0.4 is 5.32 Å². The zero-order valence-electron chi connectivity index (χ0n) is 8.16. The van der Waals surface area contributed by atoms with Crippen LogP contribution in [0.15, 0.2) is 0 Å². The van der Waals surface area contributed by atoms with Crippen molar-refractivity contribution >= 4 is 18.2 Å². The minimum atomic E-state index is -1.10. The molecular weight excluding hydrogens is 186 g/mol. The highest BCUT2D eigenvalue weighted by Gasteiger charge is 2.18. The molecule has 1 unspecified atom stereocenters. The first kappa shape index (κ1) is 12.6. The van der Waals surface area contributed by atoms with Crippen LogP contribution in [0.5, 0.6) is 0 Å². The number of rotatable bonds is 7. The van der Waals surface area contributed by atoms with Gasteiger partial charge in [0.1, 0.15) is 12.3 Å². The molecule has 0 fully saturated rings. The molecule has 14 heavy (non-hydrogen) atoms. The van der Waals surface area contributed by atoms with Crippen molar-refractivity contribution in [3.63, 3.8) is 0 Å².